The molecule has 1 aromatic carbocycles. The summed E-state index contributed by atoms with van der Waals surface area (Å²) in [5.74, 6) is 0.324. The van der Waals surface area contributed by atoms with Crippen molar-refractivity contribution in [2.24, 2.45) is 16.2 Å². The van der Waals surface area contributed by atoms with E-state index in [0.29, 0.717) is 12.2 Å². The summed E-state index contributed by atoms with van der Waals surface area (Å²) < 4.78 is 5.70. The molecule has 1 aromatic rings. The van der Waals surface area contributed by atoms with E-state index in [1.165, 1.54) is 0 Å². The average Bonchev–Trinajstić information content (AvgIpc) is 2.44. The minimum absolute atomic E-state index is 0.0240. The molecule has 24 heavy (non-hydrogen) atoms. The van der Waals surface area contributed by atoms with Crippen molar-refractivity contribution in [1.82, 2.24) is 0 Å². The summed E-state index contributed by atoms with van der Waals surface area (Å²) in [6, 6.07) is 7.14. The van der Waals surface area contributed by atoms with Gasteiger partial charge in [-0.25, -0.2) is 0 Å². The molecule has 0 amide bonds. The van der Waals surface area contributed by atoms with Crippen molar-refractivity contribution in [3.63, 3.8) is 0 Å². The van der Waals surface area contributed by atoms with E-state index < -0.39 is 11.5 Å². The highest BCUT2D eigenvalue weighted by Gasteiger charge is 2.47. The summed E-state index contributed by atoms with van der Waals surface area (Å²) in [7, 11) is 0. The van der Waals surface area contributed by atoms with Crippen LogP contribution in [0.4, 0.5) is 0 Å². The number of ether oxygens (including phenoxy) is 1. The van der Waals surface area contributed by atoms with Gasteiger partial charge in [0.25, 0.3) is 0 Å². The molecule has 3 heteroatoms. The molecule has 0 aliphatic heterocycles. The first kappa shape index (κ1) is 20.7. The molecule has 0 saturated heterocycles. The van der Waals surface area contributed by atoms with E-state index in [0.717, 1.165) is 12.0 Å². The Balaban J connectivity index is 3.01. The fraction of sp³-hybridized carbons (Fsp3) is 0.667. The molecule has 1 N–H and O–H groups in total. The zero-order valence-corrected chi connectivity index (χ0v) is 16.6. The van der Waals surface area contributed by atoms with Gasteiger partial charge < -0.3 is 9.84 Å². The fourth-order valence-electron chi connectivity index (χ4n) is 2.92. The number of hydrogen-bond acceptors (Lipinski definition) is 3. The predicted octanol–water partition coefficient (Wildman–Crippen LogP) is 5.52. The maximum atomic E-state index is 13.0. The number of aliphatic hydroxyl groups excluding tert-OH is 1. The lowest BCUT2D eigenvalue weighted by molar-refractivity contribution is -0.154. The van der Waals surface area contributed by atoms with E-state index in [4.69, 9.17) is 4.74 Å². The zero-order chi connectivity index (χ0) is 18.8. The molecule has 136 valence electrons. The molecular weight excluding hydrogens is 300 g/mol. The average molecular weight is 335 g/mol. The van der Waals surface area contributed by atoms with Crippen LogP contribution in [0.15, 0.2) is 24.3 Å². The Morgan fingerprint density at radius 2 is 1.54 bits per heavy atom. The van der Waals surface area contributed by atoms with E-state index in [9.17, 15) is 9.90 Å². The monoisotopic (exact) mass is 334 g/mol. The van der Waals surface area contributed by atoms with Crippen molar-refractivity contribution in [1.29, 1.82) is 0 Å². The molecule has 0 radical (unpaired) electrons. The van der Waals surface area contributed by atoms with Crippen LogP contribution in [0.1, 0.15) is 79.9 Å². The van der Waals surface area contributed by atoms with Crippen LogP contribution in [-0.2, 0) is 4.79 Å². The molecule has 0 spiro atoms. The largest absolute Gasteiger partial charge is 0.426 e. The molecule has 0 bridgehead atoms. The molecule has 0 heterocycles. The topological polar surface area (TPSA) is 46.5 Å². The van der Waals surface area contributed by atoms with Crippen molar-refractivity contribution < 1.29 is 14.6 Å². The van der Waals surface area contributed by atoms with Gasteiger partial charge in [0.2, 0.25) is 0 Å². The first-order valence-electron chi connectivity index (χ1n) is 8.80. The molecule has 0 aliphatic rings. The Labute approximate surface area is 147 Å². The van der Waals surface area contributed by atoms with Gasteiger partial charge in [0.05, 0.1) is 11.5 Å². The SMILES string of the molecule is CCC(O)c1ccc(OC(=O)C(C)(CC(C)(C)C)C(C)(C)C)cc1. The predicted molar refractivity (Wildman–Crippen MR) is 99.0 cm³/mol. The first-order valence-corrected chi connectivity index (χ1v) is 8.80. The maximum Gasteiger partial charge on any atom is 0.317 e. The van der Waals surface area contributed by atoms with Gasteiger partial charge in [0, 0.05) is 0 Å². The van der Waals surface area contributed by atoms with Crippen molar-refractivity contribution in [3.05, 3.63) is 29.8 Å². The third-order valence-corrected chi connectivity index (χ3v) is 4.85. The number of hydrogen-bond donors (Lipinski definition) is 1. The van der Waals surface area contributed by atoms with Gasteiger partial charge in [-0.3, -0.25) is 4.79 Å². The minimum atomic E-state index is -0.590. The molecular formula is C21H34O3. The number of carbonyl (C=O) groups is 1. The van der Waals surface area contributed by atoms with Crippen LogP contribution in [0.2, 0.25) is 0 Å². The Kier molecular flexibility index (Phi) is 6.26. The first-order chi connectivity index (χ1) is 10.8. The quantitative estimate of drug-likeness (QED) is 0.569. The molecule has 0 fully saturated rings. The van der Waals surface area contributed by atoms with Crippen molar-refractivity contribution >= 4 is 5.97 Å². The van der Waals surface area contributed by atoms with Gasteiger partial charge >= 0.3 is 5.97 Å². The van der Waals surface area contributed by atoms with E-state index in [1.54, 1.807) is 12.1 Å². The van der Waals surface area contributed by atoms with Gasteiger partial charge in [0.1, 0.15) is 5.75 Å². The highest BCUT2D eigenvalue weighted by Crippen LogP contribution is 2.47. The van der Waals surface area contributed by atoms with Gasteiger partial charge in [-0.05, 0) is 48.3 Å². The Morgan fingerprint density at radius 3 is 1.92 bits per heavy atom. The normalized spacial score (nSPS) is 16.4. The smallest absolute Gasteiger partial charge is 0.317 e. The molecule has 2 atom stereocenters. The van der Waals surface area contributed by atoms with E-state index in [-0.39, 0.29) is 16.8 Å². The lowest BCUT2D eigenvalue weighted by atomic mass is 9.61. The number of esters is 1. The Morgan fingerprint density at radius 1 is 1.04 bits per heavy atom. The summed E-state index contributed by atoms with van der Waals surface area (Å²) >= 11 is 0. The van der Waals surface area contributed by atoms with E-state index in [2.05, 4.69) is 41.5 Å². The fourth-order valence-corrected chi connectivity index (χ4v) is 2.92. The second kappa shape index (κ2) is 7.26. The lowest BCUT2D eigenvalue weighted by Gasteiger charge is -2.43. The van der Waals surface area contributed by atoms with Gasteiger partial charge in [-0.15, -0.1) is 0 Å². The highest BCUT2D eigenvalue weighted by atomic mass is 16.5. The molecule has 1 rings (SSSR count). The third kappa shape index (κ3) is 5.07. The van der Waals surface area contributed by atoms with Crippen LogP contribution in [0.25, 0.3) is 0 Å². The number of rotatable bonds is 5. The van der Waals surface area contributed by atoms with Gasteiger partial charge in [0.15, 0.2) is 0 Å². The summed E-state index contributed by atoms with van der Waals surface area (Å²) in [5, 5.41) is 9.86. The molecule has 2 unspecified atom stereocenters. The van der Waals surface area contributed by atoms with Crippen molar-refractivity contribution in [2.75, 3.05) is 0 Å². The third-order valence-electron chi connectivity index (χ3n) is 4.85. The van der Waals surface area contributed by atoms with Crippen LogP contribution >= 0.6 is 0 Å². The summed E-state index contributed by atoms with van der Waals surface area (Å²) in [4.78, 5) is 13.0. The van der Waals surface area contributed by atoms with Gasteiger partial charge in [-0.2, -0.15) is 0 Å². The van der Waals surface area contributed by atoms with E-state index in [1.807, 2.05) is 26.0 Å². The summed E-state index contributed by atoms with van der Waals surface area (Å²) in [6.45, 7) is 16.6. The van der Waals surface area contributed by atoms with Gasteiger partial charge in [-0.1, -0.05) is 60.6 Å². The number of benzene rings is 1. The summed E-state index contributed by atoms with van der Waals surface area (Å²) in [6.07, 6.45) is 0.928. The summed E-state index contributed by atoms with van der Waals surface area (Å²) in [5.41, 5.74) is 0.0594. The second-order valence-corrected chi connectivity index (χ2v) is 9.20. The lowest BCUT2D eigenvalue weighted by Crippen LogP contribution is -2.45. The van der Waals surface area contributed by atoms with Crippen LogP contribution in [0.5, 0.6) is 5.75 Å². The van der Waals surface area contributed by atoms with Crippen LogP contribution in [0, 0.1) is 16.2 Å². The molecule has 0 aliphatic carbocycles. The van der Waals surface area contributed by atoms with Crippen LogP contribution < -0.4 is 4.74 Å². The molecule has 0 aromatic heterocycles. The minimum Gasteiger partial charge on any atom is -0.426 e. The standard InChI is InChI=1S/C21H34O3/c1-9-17(22)15-10-12-16(13-11-15)24-18(23)21(8,20(5,6)7)14-19(2,3)4/h10-13,17,22H,9,14H2,1-8H3. The molecule has 3 nitrogen and oxygen atoms in total. The van der Waals surface area contributed by atoms with Crippen molar-refractivity contribution in [2.45, 2.75) is 74.3 Å². The molecule has 0 saturated carbocycles. The Hall–Kier alpha value is -1.35. The van der Waals surface area contributed by atoms with Crippen LogP contribution in [-0.4, -0.2) is 11.1 Å². The number of aliphatic hydroxyl groups is 1. The second-order valence-electron chi connectivity index (χ2n) is 9.20. The van der Waals surface area contributed by atoms with E-state index >= 15 is 0 Å². The maximum absolute atomic E-state index is 13.0. The zero-order valence-electron chi connectivity index (χ0n) is 16.6. The Bertz CT molecular complexity index is 546. The number of carbonyl (C=O) groups excluding carboxylic acids is 1. The highest BCUT2D eigenvalue weighted by molar-refractivity contribution is 5.79. The van der Waals surface area contributed by atoms with Crippen LogP contribution in [0.3, 0.4) is 0 Å². The van der Waals surface area contributed by atoms with Crippen molar-refractivity contribution in [3.8, 4) is 5.75 Å².